The summed E-state index contributed by atoms with van der Waals surface area (Å²) in [5, 5.41) is 0.442. The lowest BCUT2D eigenvalue weighted by Gasteiger charge is -2.17. The molecule has 3 nitrogen and oxygen atoms in total. The van der Waals surface area contributed by atoms with E-state index in [4.69, 9.17) is 14.5 Å². The Bertz CT molecular complexity index is 1310. The second kappa shape index (κ2) is 8.04. The second-order valence-electron chi connectivity index (χ2n) is 7.63. The molecule has 1 saturated carbocycles. The van der Waals surface area contributed by atoms with Crippen molar-refractivity contribution in [3.8, 4) is 23.0 Å². The van der Waals surface area contributed by atoms with Crippen LogP contribution < -0.4 is 9.47 Å². The van der Waals surface area contributed by atoms with E-state index in [1.165, 1.54) is 60.7 Å². The smallest absolute Gasteiger partial charge is 0.166 e. The minimum absolute atomic E-state index is 0.0301. The summed E-state index contributed by atoms with van der Waals surface area (Å²) in [4.78, 5) is 4.76. The van der Waals surface area contributed by atoms with Crippen LogP contribution in [0.3, 0.4) is 0 Å². The fraction of sp³-hybridized carbons (Fsp3) is 0.115. The zero-order valence-corrected chi connectivity index (χ0v) is 16.9. The Morgan fingerprint density at radius 1 is 0.844 bits per heavy atom. The van der Waals surface area contributed by atoms with Crippen molar-refractivity contribution in [3.05, 3.63) is 96.0 Å². The standard InChI is InChI=1S/C26H18F3NO2/c1-2-20-25(15-3-4-15)30-23-14-24(31-18-9-5-16(27)6-10-18)22(29)13-21(23)26(20)32-19-11-7-17(28)8-12-19/h2,5-15H,1,3-4H2. The van der Waals surface area contributed by atoms with Crippen molar-refractivity contribution >= 4 is 17.0 Å². The summed E-state index contributed by atoms with van der Waals surface area (Å²) in [5.41, 5.74) is 2.01. The minimum Gasteiger partial charge on any atom is -0.456 e. The molecule has 160 valence electrons. The molecule has 0 unspecified atom stereocenters. The van der Waals surface area contributed by atoms with Gasteiger partial charge < -0.3 is 9.47 Å². The van der Waals surface area contributed by atoms with E-state index in [0.717, 1.165) is 18.5 Å². The summed E-state index contributed by atoms with van der Waals surface area (Å²) >= 11 is 0. The van der Waals surface area contributed by atoms with Crippen LogP contribution in [0.4, 0.5) is 13.2 Å². The molecule has 4 aromatic rings. The molecule has 0 radical (unpaired) electrons. The van der Waals surface area contributed by atoms with E-state index in [2.05, 4.69) is 6.58 Å². The van der Waals surface area contributed by atoms with Gasteiger partial charge in [0, 0.05) is 22.9 Å². The van der Waals surface area contributed by atoms with Gasteiger partial charge >= 0.3 is 0 Å². The summed E-state index contributed by atoms with van der Waals surface area (Å²) in [5.74, 6) is -0.0485. The fourth-order valence-electron chi connectivity index (χ4n) is 3.57. The van der Waals surface area contributed by atoms with Crippen molar-refractivity contribution in [2.45, 2.75) is 18.8 Å². The monoisotopic (exact) mass is 433 g/mol. The van der Waals surface area contributed by atoms with Crippen LogP contribution in [0.2, 0.25) is 0 Å². The lowest BCUT2D eigenvalue weighted by atomic mass is 10.0. The molecule has 0 atom stereocenters. The van der Waals surface area contributed by atoms with Crippen LogP contribution in [-0.2, 0) is 0 Å². The molecule has 0 saturated heterocycles. The summed E-state index contributed by atoms with van der Waals surface area (Å²) in [6.45, 7) is 3.90. The van der Waals surface area contributed by atoms with E-state index in [0.29, 0.717) is 33.7 Å². The Kier molecular flexibility index (Phi) is 5.05. The number of ether oxygens (including phenoxy) is 2. The van der Waals surface area contributed by atoms with Crippen molar-refractivity contribution in [2.75, 3.05) is 0 Å². The number of benzene rings is 3. The highest BCUT2D eigenvalue weighted by Gasteiger charge is 2.30. The SMILES string of the molecule is C=Cc1c(C2CC2)nc2cc(Oc3ccc(F)cc3)c(F)cc2c1Oc1ccc(F)cc1. The predicted octanol–water partition coefficient (Wildman–Crippen LogP) is 7.76. The first-order valence-corrected chi connectivity index (χ1v) is 10.2. The maximum atomic E-state index is 15.0. The molecule has 32 heavy (non-hydrogen) atoms. The van der Waals surface area contributed by atoms with Crippen LogP contribution in [0.25, 0.3) is 17.0 Å². The Labute approximate surface area is 182 Å². The molecule has 1 fully saturated rings. The largest absolute Gasteiger partial charge is 0.456 e. The van der Waals surface area contributed by atoms with Gasteiger partial charge in [0.05, 0.1) is 11.2 Å². The van der Waals surface area contributed by atoms with E-state index in [9.17, 15) is 8.78 Å². The number of hydrogen-bond acceptors (Lipinski definition) is 3. The fourth-order valence-corrected chi connectivity index (χ4v) is 3.57. The molecular formula is C26H18F3NO2. The molecule has 1 aromatic heterocycles. The summed E-state index contributed by atoms with van der Waals surface area (Å²) in [7, 11) is 0. The molecule has 1 aliphatic carbocycles. The highest BCUT2D eigenvalue weighted by molar-refractivity contribution is 5.91. The van der Waals surface area contributed by atoms with E-state index < -0.39 is 11.6 Å². The third kappa shape index (κ3) is 3.91. The van der Waals surface area contributed by atoms with Gasteiger partial charge in [-0.05, 0) is 67.4 Å². The Morgan fingerprint density at radius 3 is 2.00 bits per heavy atom. The normalized spacial score (nSPS) is 13.2. The Balaban J connectivity index is 1.64. The van der Waals surface area contributed by atoms with Gasteiger partial charge in [0.2, 0.25) is 0 Å². The van der Waals surface area contributed by atoms with E-state index in [1.807, 2.05) is 0 Å². The molecule has 1 heterocycles. The molecule has 5 rings (SSSR count). The van der Waals surface area contributed by atoms with Gasteiger partial charge in [0.25, 0.3) is 0 Å². The van der Waals surface area contributed by atoms with Gasteiger partial charge in [-0.1, -0.05) is 12.7 Å². The first-order valence-electron chi connectivity index (χ1n) is 10.2. The van der Waals surface area contributed by atoms with Crippen LogP contribution in [0.15, 0.2) is 67.2 Å². The van der Waals surface area contributed by atoms with Gasteiger partial charge in [0.1, 0.15) is 28.9 Å². The molecule has 0 spiro atoms. The highest BCUT2D eigenvalue weighted by atomic mass is 19.1. The molecule has 0 bridgehead atoms. The average Bonchev–Trinajstić information content (AvgIpc) is 3.63. The highest BCUT2D eigenvalue weighted by Crippen LogP contribution is 2.46. The van der Waals surface area contributed by atoms with Crippen LogP contribution in [0.1, 0.15) is 30.0 Å². The van der Waals surface area contributed by atoms with E-state index in [-0.39, 0.29) is 17.5 Å². The Morgan fingerprint density at radius 2 is 1.44 bits per heavy atom. The van der Waals surface area contributed by atoms with Gasteiger partial charge in [-0.2, -0.15) is 0 Å². The molecule has 1 aliphatic rings. The number of pyridine rings is 1. The van der Waals surface area contributed by atoms with Crippen molar-refractivity contribution in [1.29, 1.82) is 0 Å². The number of fused-ring (bicyclic) bond motifs is 1. The van der Waals surface area contributed by atoms with Crippen LogP contribution in [0, 0.1) is 17.5 Å². The zero-order valence-electron chi connectivity index (χ0n) is 16.9. The van der Waals surface area contributed by atoms with E-state index >= 15 is 4.39 Å². The van der Waals surface area contributed by atoms with Gasteiger partial charge in [-0.3, -0.25) is 4.98 Å². The number of aromatic nitrogens is 1. The van der Waals surface area contributed by atoms with Crippen molar-refractivity contribution < 1.29 is 22.6 Å². The third-order valence-corrected chi connectivity index (χ3v) is 5.30. The van der Waals surface area contributed by atoms with Crippen molar-refractivity contribution in [2.24, 2.45) is 0 Å². The van der Waals surface area contributed by atoms with Gasteiger partial charge in [0.15, 0.2) is 11.6 Å². The molecule has 3 aromatic carbocycles. The average molecular weight is 433 g/mol. The number of hydrogen-bond donors (Lipinski definition) is 0. The van der Waals surface area contributed by atoms with Crippen molar-refractivity contribution in [3.63, 3.8) is 0 Å². The molecule has 0 N–H and O–H groups in total. The topological polar surface area (TPSA) is 31.4 Å². The van der Waals surface area contributed by atoms with Crippen molar-refractivity contribution in [1.82, 2.24) is 4.98 Å². The summed E-state index contributed by atoms with van der Waals surface area (Å²) < 4.78 is 53.2. The maximum absolute atomic E-state index is 15.0. The summed E-state index contributed by atoms with van der Waals surface area (Å²) in [6, 6.07) is 13.7. The first kappa shape index (κ1) is 20.1. The van der Waals surface area contributed by atoms with Crippen LogP contribution in [-0.4, -0.2) is 4.98 Å². The maximum Gasteiger partial charge on any atom is 0.166 e. The van der Waals surface area contributed by atoms with E-state index in [1.54, 1.807) is 6.08 Å². The number of halogens is 3. The second-order valence-corrected chi connectivity index (χ2v) is 7.63. The summed E-state index contributed by atoms with van der Waals surface area (Å²) in [6.07, 6.45) is 3.64. The number of rotatable bonds is 6. The van der Waals surface area contributed by atoms with Gasteiger partial charge in [-0.25, -0.2) is 13.2 Å². The first-order chi connectivity index (χ1) is 15.5. The molecular weight excluding hydrogens is 415 g/mol. The van der Waals surface area contributed by atoms with Crippen LogP contribution >= 0.6 is 0 Å². The lowest BCUT2D eigenvalue weighted by Crippen LogP contribution is -2.00. The number of nitrogens with zero attached hydrogens (tertiary/aromatic N) is 1. The third-order valence-electron chi connectivity index (χ3n) is 5.30. The van der Waals surface area contributed by atoms with Gasteiger partial charge in [-0.15, -0.1) is 0 Å². The lowest BCUT2D eigenvalue weighted by molar-refractivity contribution is 0.441. The predicted molar refractivity (Wildman–Crippen MR) is 117 cm³/mol. The quantitative estimate of drug-likeness (QED) is 0.311. The minimum atomic E-state index is -0.623. The molecule has 0 aliphatic heterocycles. The Hall–Kier alpha value is -3.80. The molecule has 0 amide bonds. The zero-order chi connectivity index (χ0) is 22.2. The molecule has 6 heteroatoms. The van der Waals surface area contributed by atoms with Crippen LogP contribution in [0.5, 0.6) is 23.0 Å².